The molecule has 220 valence electrons. The Kier molecular flexibility index (Phi) is 8.37. The summed E-state index contributed by atoms with van der Waals surface area (Å²) in [6.07, 6.45) is 1.62. The second-order valence-corrected chi connectivity index (χ2v) is 11.3. The number of rotatable bonds is 11. The van der Waals surface area contributed by atoms with Crippen LogP contribution in [0.2, 0.25) is 0 Å². The summed E-state index contributed by atoms with van der Waals surface area (Å²) in [5.74, 6) is -1.77. The Morgan fingerprint density at radius 1 is 1.15 bits per heavy atom. The van der Waals surface area contributed by atoms with Gasteiger partial charge in [-0.1, -0.05) is 6.92 Å². The average Bonchev–Trinajstić information content (AvgIpc) is 3.58. The Morgan fingerprint density at radius 2 is 1.88 bits per heavy atom. The summed E-state index contributed by atoms with van der Waals surface area (Å²) in [4.78, 5) is 45.5. The number of hydrogen-bond acceptors (Lipinski definition) is 8. The minimum atomic E-state index is -1.12. The van der Waals surface area contributed by atoms with Crippen molar-refractivity contribution in [3.8, 4) is 5.75 Å². The molecule has 1 spiro atoms. The van der Waals surface area contributed by atoms with Crippen LogP contribution >= 0.6 is 0 Å². The third kappa shape index (κ3) is 4.87. The Bertz CT molecular complexity index is 1090. The molecule has 0 saturated carbocycles. The van der Waals surface area contributed by atoms with Gasteiger partial charge in [-0.05, 0) is 57.4 Å². The molecule has 5 rings (SSSR count). The lowest BCUT2D eigenvalue weighted by Crippen LogP contribution is -2.58. The molecule has 40 heavy (non-hydrogen) atoms. The van der Waals surface area contributed by atoms with Crippen LogP contribution in [0.5, 0.6) is 5.75 Å². The summed E-state index contributed by atoms with van der Waals surface area (Å²) < 4.78 is 17.7. The first-order valence-electron chi connectivity index (χ1n) is 14.5. The Hall–Kier alpha value is -2.73. The predicted molar refractivity (Wildman–Crippen MR) is 147 cm³/mol. The van der Waals surface area contributed by atoms with Gasteiger partial charge in [0.1, 0.15) is 17.4 Å². The van der Waals surface area contributed by atoms with Crippen molar-refractivity contribution >= 4 is 23.4 Å². The normalized spacial score (nSPS) is 32.1. The van der Waals surface area contributed by atoms with Crippen LogP contribution in [0.3, 0.4) is 0 Å². The molecule has 4 fully saturated rings. The number of nitrogens with zero attached hydrogens (tertiary/aromatic N) is 2. The summed E-state index contributed by atoms with van der Waals surface area (Å²) in [6.45, 7) is 9.90. The molecule has 1 aromatic rings. The van der Waals surface area contributed by atoms with Gasteiger partial charge in [-0.3, -0.25) is 19.3 Å². The molecule has 0 aliphatic carbocycles. The second kappa shape index (κ2) is 11.6. The van der Waals surface area contributed by atoms with Crippen LogP contribution in [-0.4, -0.2) is 109 Å². The van der Waals surface area contributed by atoms with Crippen LogP contribution in [0, 0.1) is 11.8 Å². The third-order valence-electron chi connectivity index (χ3n) is 9.15. The summed E-state index contributed by atoms with van der Waals surface area (Å²) in [5, 5.41) is 16.1. The van der Waals surface area contributed by atoms with Crippen molar-refractivity contribution in [1.82, 2.24) is 15.1 Å². The van der Waals surface area contributed by atoms with Crippen molar-refractivity contribution in [2.75, 3.05) is 57.9 Å². The van der Waals surface area contributed by atoms with Gasteiger partial charge in [0, 0.05) is 31.9 Å². The van der Waals surface area contributed by atoms with Crippen LogP contribution in [0.15, 0.2) is 24.3 Å². The lowest BCUT2D eigenvalue weighted by molar-refractivity contribution is -0.149. The van der Waals surface area contributed by atoms with E-state index in [1.54, 1.807) is 31.2 Å². The molecule has 4 aliphatic rings. The zero-order chi connectivity index (χ0) is 28.5. The highest BCUT2D eigenvalue weighted by Crippen LogP contribution is 2.64. The molecule has 6 atom stereocenters. The molecule has 4 saturated heterocycles. The van der Waals surface area contributed by atoms with E-state index in [9.17, 15) is 19.5 Å². The predicted octanol–water partition coefficient (Wildman–Crippen LogP) is 1.01. The van der Waals surface area contributed by atoms with E-state index in [0.717, 1.165) is 13.1 Å². The van der Waals surface area contributed by atoms with Gasteiger partial charge in [0.05, 0.1) is 49.9 Å². The summed E-state index contributed by atoms with van der Waals surface area (Å²) in [7, 11) is 0. The van der Waals surface area contributed by atoms with Gasteiger partial charge < -0.3 is 34.9 Å². The zero-order valence-corrected chi connectivity index (χ0v) is 23.7. The lowest BCUT2D eigenvalue weighted by atomic mass is 9.65. The number of aliphatic hydroxyl groups is 1. The number of benzene rings is 1. The molecule has 11 heteroatoms. The fourth-order valence-electron chi connectivity index (χ4n) is 7.20. The monoisotopic (exact) mass is 558 g/mol. The molecule has 1 aromatic carbocycles. The number of hydrogen-bond donors (Lipinski definition) is 3. The Balaban J connectivity index is 1.39. The van der Waals surface area contributed by atoms with E-state index in [1.807, 2.05) is 13.8 Å². The summed E-state index contributed by atoms with van der Waals surface area (Å²) in [6, 6.07) is 5.59. The first-order chi connectivity index (χ1) is 19.3. The fourth-order valence-corrected chi connectivity index (χ4v) is 7.20. The van der Waals surface area contributed by atoms with Crippen LogP contribution in [0.1, 0.15) is 40.0 Å². The third-order valence-corrected chi connectivity index (χ3v) is 9.15. The maximum Gasteiger partial charge on any atom is 0.245 e. The summed E-state index contributed by atoms with van der Waals surface area (Å²) >= 11 is 0. The van der Waals surface area contributed by atoms with E-state index >= 15 is 0 Å². The largest absolute Gasteiger partial charge is 0.494 e. The average molecular weight is 559 g/mol. The quantitative estimate of drug-likeness (QED) is 0.367. The lowest BCUT2D eigenvalue weighted by Gasteiger charge is -2.36. The van der Waals surface area contributed by atoms with E-state index in [2.05, 4.69) is 15.5 Å². The smallest absolute Gasteiger partial charge is 0.245 e. The molecule has 4 heterocycles. The number of morpholine rings is 1. The molecule has 11 nitrogen and oxygen atoms in total. The number of fused-ring (bicyclic) bond motifs is 1. The number of amides is 3. The molecule has 3 amide bonds. The van der Waals surface area contributed by atoms with Crippen LogP contribution < -0.4 is 15.4 Å². The van der Waals surface area contributed by atoms with Gasteiger partial charge in [0.2, 0.25) is 17.7 Å². The first-order valence-corrected chi connectivity index (χ1v) is 14.5. The van der Waals surface area contributed by atoms with Gasteiger partial charge in [-0.2, -0.15) is 0 Å². The maximum atomic E-state index is 14.1. The van der Waals surface area contributed by atoms with Crippen LogP contribution in [0.4, 0.5) is 5.69 Å². The number of carbonyl (C=O) groups is 3. The zero-order valence-electron chi connectivity index (χ0n) is 23.7. The number of aliphatic hydroxyl groups excluding tert-OH is 1. The second-order valence-electron chi connectivity index (χ2n) is 11.3. The van der Waals surface area contributed by atoms with Crippen molar-refractivity contribution < 1.29 is 33.7 Å². The van der Waals surface area contributed by atoms with Crippen molar-refractivity contribution in [3.05, 3.63) is 24.3 Å². The minimum absolute atomic E-state index is 0.295. The van der Waals surface area contributed by atoms with Crippen molar-refractivity contribution in [3.63, 3.8) is 0 Å². The summed E-state index contributed by atoms with van der Waals surface area (Å²) in [5.41, 5.74) is -1.36. The molecule has 0 aromatic heterocycles. The number of likely N-dealkylation sites (tertiary alicyclic amines) is 1. The van der Waals surface area contributed by atoms with Crippen LogP contribution in [-0.2, 0) is 23.9 Å². The maximum absolute atomic E-state index is 14.1. The van der Waals surface area contributed by atoms with Gasteiger partial charge in [0.15, 0.2) is 0 Å². The van der Waals surface area contributed by atoms with Gasteiger partial charge in [-0.25, -0.2) is 0 Å². The fraction of sp³-hybridized carbons (Fsp3) is 0.690. The highest BCUT2D eigenvalue weighted by Gasteiger charge is 2.78. The van der Waals surface area contributed by atoms with E-state index in [1.165, 1.54) is 4.90 Å². The first kappa shape index (κ1) is 28.8. The SMILES string of the molecule is CCOc1ccc(NC(=O)[C@H]2[C@H]3C(=O)N([C@H](C)CO)C(C(=O)NCCN4CCOCC4)C34CC[C@]2(CC)O4)cc1. The number of carbonyl (C=O) groups excluding carboxylic acids is 3. The van der Waals surface area contributed by atoms with Crippen molar-refractivity contribution in [2.24, 2.45) is 11.8 Å². The van der Waals surface area contributed by atoms with E-state index < -0.39 is 35.1 Å². The molecular formula is C29H42N4O7. The van der Waals surface area contributed by atoms with Gasteiger partial charge in [-0.15, -0.1) is 0 Å². The molecule has 2 unspecified atom stereocenters. The minimum Gasteiger partial charge on any atom is -0.494 e. The highest BCUT2D eigenvalue weighted by atomic mass is 16.5. The highest BCUT2D eigenvalue weighted by molar-refractivity contribution is 6.02. The standard InChI is InChI=1S/C29H42N4O7/c1-4-28-10-11-29(40-28)23(22(28)25(35)31-20-6-8-21(9-7-20)39-5-2)27(37)33(19(3)18-34)24(29)26(36)30-12-13-32-14-16-38-17-15-32/h6-9,19,22-24,34H,4-5,10-18H2,1-3H3,(H,30,36)(H,31,35)/t19-,22-,23+,24?,28+,29?/m1/s1. The van der Waals surface area contributed by atoms with E-state index in [0.29, 0.717) is 63.6 Å². The van der Waals surface area contributed by atoms with E-state index in [4.69, 9.17) is 14.2 Å². The van der Waals surface area contributed by atoms with Gasteiger partial charge >= 0.3 is 0 Å². The Morgan fingerprint density at radius 3 is 2.52 bits per heavy atom. The number of anilines is 1. The number of nitrogens with one attached hydrogen (secondary N) is 2. The van der Waals surface area contributed by atoms with Crippen molar-refractivity contribution in [2.45, 2.75) is 63.3 Å². The van der Waals surface area contributed by atoms with Gasteiger partial charge in [0.25, 0.3) is 0 Å². The molecule has 2 bridgehead atoms. The van der Waals surface area contributed by atoms with Crippen molar-refractivity contribution in [1.29, 1.82) is 0 Å². The Labute approximate surface area is 235 Å². The number of ether oxygens (including phenoxy) is 3. The molecule has 3 N–H and O–H groups in total. The molecule has 0 radical (unpaired) electrons. The molecular weight excluding hydrogens is 516 g/mol. The van der Waals surface area contributed by atoms with Crippen LogP contribution in [0.25, 0.3) is 0 Å². The topological polar surface area (TPSA) is 130 Å². The van der Waals surface area contributed by atoms with E-state index in [-0.39, 0.29) is 24.3 Å². The molecule has 4 aliphatic heterocycles.